The molecule has 1 aromatic heterocycles. The van der Waals surface area contributed by atoms with E-state index in [1.165, 1.54) is 5.56 Å². The summed E-state index contributed by atoms with van der Waals surface area (Å²) in [5.74, 6) is -0.897. The quantitative estimate of drug-likeness (QED) is 0.748. The number of carbonyl (C=O) groups is 1. The number of aromatic carboxylic acids is 1. The highest BCUT2D eigenvalue weighted by Crippen LogP contribution is 2.30. The Morgan fingerprint density at radius 3 is 2.00 bits per heavy atom. The predicted octanol–water partition coefficient (Wildman–Crippen LogP) is 4.83. The maximum absolute atomic E-state index is 11.9. The SMILES string of the molecule is Cc1ccc(Cn2cc(C)c(-c3ccc(C)cc3)c2C(=O)O)cc1. The van der Waals surface area contributed by atoms with Crippen LogP contribution in [0.15, 0.2) is 54.7 Å². The van der Waals surface area contributed by atoms with Crippen molar-refractivity contribution in [3.05, 3.63) is 82.7 Å². The summed E-state index contributed by atoms with van der Waals surface area (Å²) in [6.45, 7) is 6.58. The van der Waals surface area contributed by atoms with E-state index in [-0.39, 0.29) is 0 Å². The van der Waals surface area contributed by atoms with Crippen molar-refractivity contribution in [2.45, 2.75) is 27.3 Å². The first-order chi connectivity index (χ1) is 11.5. The lowest BCUT2D eigenvalue weighted by Crippen LogP contribution is -2.10. The van der Waals surface area contributed by atoms with Gasteiger partial charge in [0.1, 0.15) is 5.69 Å². The zero-order valence-electron chi connectivity index (χ0n) is 14.2. The van der Waals surface area contributed by atoms with Gasteiger partial charge in [-0.3, -0.25) is 0 Å². The molecule has 122 valence electrons. The van der Waals surface area contributed by atoms with Crippen molar-refractivity contribution < 1.29 is 9.90 Å². The van der Waals surface area contributed by atoms with Crippen LogP contribution in [-0.2, 0) is 6.54 Å². The van der Waals surface area contributed by atoms with Crippen LogP contribution in [0.25, 0.3) is 11.1 Å². The molecule has 0 aliphatic heterocycles. The van der Waals surface area contributed by atoms with E-state index in [1.807, 2.05) is 80.1 Å². The molecule has 0 atom stereocenters. The third kappa shape index (κ3) is 3.11. The van der Waals surface area contributed by atoms with Crippen molar-refractivity contribution in [3.8, 4) is 11.1 Å². The van der Waals surface area contributed by atoms with Gasteiger partial charge in [-0.1, -0.05) is 59.7 Å². The third-order valence-corrected chi connectivity index (χ3v) is 4.28. The molecular formula is C21H21NO2. The molecule has 0 saturated carbocycles. The van der Waals surface area contributed by atoms with Gasteiger partial charge < -0.3 is 9.67 Å². The largest absolute Gasteiger partial charge is 0.477 e. The summed E-state index contributed by atoms with van der Waals surface area (Å²) in [5.41, 5.74) is 6.51. The standard InChI is InChI=1S/C21H21NO2/c1-14-4-8-17(9-5-14)13-22-12-16(3)19(20(22)21(23)24)18-10-6-15(2)7-11-18/h4-12H,13H2,1-3H3,(H,23,24). The molecule has 0 aliphatic carbocycles. The second-order valence-corrected chi connectivity index (χ2v) is 6.32. The van der Waals surface area contributed by atoms with Crippen LogP contribution in [0.5, 0.6) is 0 Å². The Morgan fingerprint density at radius 1 is 0.917 bits per heavy atom. The van der Waals surface area contributed by atoms with Crippen LogP contribution in [0.2, 0.25) is 0 Å². The molecule has 1 N–H and O–H groups in total. The Hall–Kier alpha value is -2.81. The van der Waals surface area contributed by atoms with Gasteiger partial charge in [0, 0.05) is 18.3 Å². The first kappa shape index (κ1) is 16.1. The van der Waals surface area contributed by atoms with Crippen molar-refractivity contribution >= 4 is 5.97 Å². The van der Waals surface area contributed by atoms with Gasteiger partial charge in [0.05, 0.1) is 0 Å². The molecular weight excluding hydrogens is 298 g/mol. The summed E-state index contributed by atoms with van der Waals surface area (Å²) >= 11 is 0. The second-order valence-electron chi connectivity index (χ2n) is 6.32. The molecule has 0 unspecified atom stereocenters. The first-order valence-corrected chi connectivity index (χ1v) is 8.01. The summed E-state index contributed by atoms with van der Waals surface area (Å²) in [5, 5.41) is 9.78. The number of aromatic nitrogens is 1. The minimum absolute atomic E-state index is 0.344. The van der Waals surface area contributed by atoms with E-state index in [4.69, 9.17) is 0 Å². The maximum atomic E-state index is 11.9. The number of nitrogens with zero attached hydrogens (tertiary/aromatic N) is 1. The van der Waals surface area contributed by atoms with Crippen LogP contribution in [0.1, 0.15) is 32.7 Å². The van der Waals surface area contributed by atoms with E-state index in [9.17, 15) is 9.90 Å². The van der Waals surface area contributed by atoms with E-state index < -0.39 is 5.97 Å². The fourth-order valence-corrected chi connectivity index (χ4v) is 3.02. The molecule has 3 aromatic rings. The number of carboxylic acid groups (broad SMARTS) is 1. The highest BCUT2D eigenvalue weighted by Gasteiger charge is 2.20. The van der Waals surface area contributed by atoms with Gasteiger partial charge in [0.25, 0.3) is 0 Å². The van der Waals surface area contributed by atoms with Gasteiger partial charge in [0.2, 0.25) is 0 Å². The predicted molar refractivity (Wildman–Crippen MR) is 96.6 cm³/mol. The lowest BCUT2D eigenvalue weighted by molar-refractivity contribution is 0.0686. The minimum Gasteiger partial charge on any atom is -0.477 e. The van der Waals surface area contributed by atoms with E-state index in [2.05, 4.69) is 0 Å². The summed E-state index contributed by atoms with van der Waals surface area (Å²) in [6, 6.07) is 16.2. The van der Waals surface area contributed by atoms with Crippen molar-refractivity contribution in [3.63, 3.8) is 0 Å². The number of aryl methyl sites for hydroxylation is 3. The zero-order chi connectivity index (χ0) is 17.3. The first-order valence-electron chi connectivity index (χ1n) is 8.01. The number of hydrogen-bond donors (Lipinski definition) is 1. The van der Waals surface area contributed by atoms with Gasteiger partial charge in [0.15, 0.2) is 0 Å². The summed E-state index contributed by atoms with van der Waals surface area (Å²) in [6.07, 6.45) is 1.93. The molecule has 3 rings (SSSR count). The zero-order valence-corrected chi connectivity index (χ0v) is 14.2. The highest BCUT2D eigenvalue weighted by atomic mass is 16.4. The molecule has 0 spiro atoms. The molecule has 1 heterocycles. The average Bonchev–Trinajstić information content (AvgIpc) is 2.87. The van der Waals surface area contributed by atoms with Gasteiger partial charge >= 0.3 is 5.97 Å². The molecule has 0 fully saturated rings. The molecule has 0 bridgehead atoms. The van der Waals surface area contributed by atoms with Gasteiger partial charge in [-0.2, -0.15) is 0 Å². The molecule has 0 radical (unpaired) electrons. The van der Waals surface area contributed by atoms with Crippen LogP contribution >= 0.6 is 0 Å². The molecule has 2 aromatic carbocycles. The summed E-state index contributed by atoms with van der Waals surface area (Å²) in [7, 11) is 0. The van der Waals surface area contributed by atoms with Crippen LogP contribution in [0.3, 0.4) is 0 Å². The molecule has 0 amide bonds. The summed E-state index contributed by atoms with van der Waals surface area (Å²) in [4.78, 5) is 11.9. The van der Waals surface area contributed by atoms with Gasteiger partial charge in [-0.05, 0) is 37.5 Å². The highest BCUT2D eigenvalue weighted by molar-refractivity contribution is 5.96. The number of benzene rings is 2. The van der Waals surface area contributed by atoms with Crippen LogP contribution < -0.4 is 0 Å². The van der Waals surface area contributed by atoms with E-state index in [1.54, 1.807) is 0 Å². The summed E-state index contributed by atoms with van der Waals surface area (Å²) < 4.78 is 1.83. The topological polar surface area (TPSA) is 42.2 Å². The van der Waals surface area contributed by atoms with Crippen molar-refractivity contribution in [1.29, 1.82) is 0 Å². The van der Waals surface area contributed by atoms with Crippen molar-refractivity contribution in [2.75, 3.05) is 0 Å². The Bertz CT molecular complexity index is 871. The van der Waals surface area contributed by atoms with Crippen LogP contribution in [0, 0.1) is 20.8 Å². The number of rotatable bonds is 4. The molecule has 0 aliphatic rings. The average molecular weight is 319 g/mol. The van der Waals surface area contributed by atoms with Gasteiger partial charge in [-0.15, -0.1) is 0 Å². The van der Waals surface area contributed by atoms with Crippen molar-refractivity contribution in [1.82, 2.24) is 4.57 Å². The van der Waals surface area contributed by atoms with Crippen molar-refractivity contribution in [2.24, 2.45) is 0 Å². The Labute approximate surface area is 142 Å². The normalized spacial score (nSPS) is 10.8. The Balaban J connectivity index is 2.07. The lowest BCUT2D eigenvalue weighted by Gasteiger charge is -2.09. The lowest BCUT2D eigenvalue weighted by atomic mass is 10.0. The fraction of sp³-hybridized carbons (Fsp3) is 0.190. The van der Waals surface area contributed by atoms with Crippen LogP contribution in [-0.4, -0.2) is 15.6 Å². The smallest absolute Gasteiger partial charge is 0.353 e. The second kappa shape index (κ2) is 6.36. The maximum Gasteiger partial charge on any atom is 0.353 e. The number of carboxylic acids is 1. The Kier molecular flexibility index (Phi) is 4.26. The van der Waals surface area contributed by atoms with E-state index in [0.29, 0.717) is 12.2 Å². The van der Waals surface area contributed by atoms with Gasteiger partial charge in [-0.25, -0.2) is 4.79 Å². The molecule has 0 saturated heterocycles. The third-order valence-electron chi connectivity index (χ3n) is 4.28. The number of hydrogen-bond acceptors (Lipinski definition) is 1. The van der Waals surface area contributed by atoms with E-state index >= 15 is 0 Å². The molecule has 3 nitrogen and oxygen atoms in total. The van der Waals surface area contributed by atoms with E-state index in [0.717, 1.165) is 27.8 Å². The Morgan fingerprint density at radius 2 is 1.46 bits per heavy atom. The monoisotopic (exact) mass is 319 g/mol. The minimum atomic E-state index is -0.897. The fourth-order valence-electron chi connectivity index (χ4n) is 3.02. The molecule has 24 heavy (non-hydrogen) atoms. The molecule has 3 heteroatoms. The van der Waals surface area contributed by atoms with Crippen LogP contribution in [0.4, 0.5) is 0 Å².